The van der Waals surface area contributed by atoms with Gasteiger partial charge in [0.25, 0.3) is 0 Å². The van der Waals surface area contributed by atoms with E-state index in [4.69, 9.17) is 0 Å². The summed E-state index contributed by atoms with van der Waals surface area (Å²) in [5.74, 6) is -0.0547. The van der Waals surface area contributed by atoms with Crippen LogP contribution >= 0.6 is 0 Å². The highest BCUT2D eigenvalue weighted by atomic mass is 16.3. The fourth-order valence-corrected chi connectivity index (χ4v) is 1.09. The number of carbonyl (C=O) groups excluding carboxylic acids is 1. The highest BCUT2D eigenvalue weighted by Gasteiger charge is 2.18. The molecule has 0 aromatic rings. The van der Waals surface area contributed by atoms with Gasteiger partial charge in [-0.05, 0) is 12.5 Å². The van der Waals surface area contributed by atoms with Gasteiger partial charge in [0.1, 0.15) is 12.6 Å². The fraction of sp³-hybridized carbons (Fsp3) is 0.700. The van der Waals surface area contributed by atoms with Crippen molar-refractivity contribution in [2.75, 3.05) is 27.7 Å². The average Bonchev–Trinajstić information content (AvgIpc) is 1.81. The number of hydrogen-bond acceptors (Lipinski definition) is 2. The third kappa shape index (κ3) is 6.49. The molecule has 3 heteroatoms. The maximum Gasteiger partial charge on any atom is 0.160 e. The van der Waals surface area contributed by atoms with Crippen LogP contribution in [0.15, 0.2) is 12.2 Å². The van der Waals surface area contributed by atoms with E-state index in [1.54, 1.807) is 6.92 Å². The van der Waals surface area contributed by atoms with Crippen LogP contribution in [-0.2, 0) is 4.79 Å². The molecule has 0 aliphatic heterocycles. The number of likely N-dealkylation sites (N-methyl/N-ethyl adjacent to an activating group) is 1. The summed E-state index contributed by atoms with van der Waals surface area (Å²) in [6.07, 6.45) is -0.380. The van der Waals surface area contributed by atoms with Crippen LogP contribution in [0.2, 0.25) is 0 Å². The SMILES string of the molecule is C=C(C)C(=O)CC(O)C[N+](C)(C)C. The summed E-state index contributed by atoms with van der Waals surface area (Å²) >= 11 is 0. The Morgan fingerprint density at radius 1 is 1.46 bits per heavy atom. The van der Waals surface area contributed by atoms with Crippen molar-refractivity contribution in [2.45, 2.75) is 19.4 Å². The molecule has 76 valence electrons. The topological polar surface area (TPSA) is 37.3 Å². The van der Waals surface area contributed by atoms with E-state index in [1.807, 2.05) is 21.1 Å². The van der Waals surface area contributed by atoms with E-state index in [0.717, 1.165) is 0 Å². The number of quaternary nitrogens is 1. The molecule has 0 fully saturated rings. The molecule has 0 aromatic carbocycles. The largest absolute Gasteiger partial charge is 0.387 e. The Labute approximate surface area is 80.3 Å². The highest BCUT2D eigenvalue weighted by Crippen LogP contribution is 2.03. The fourth-order valence-electron chi connectivity index (χ4n) is 1.09. The van der Waals surface area contributed by atoms with Gasteiger partial charge in [-0.2, -0.15) is 0 Å². The monoisotopic (exact) mass is 186 g/mol. The van der Waals surface area contributed by atoms with Gasteiger partial charge in [-0.1, -0.05) is 6.58 Å². The van der Waals surface area contributed by atoms with Crippen molar-refractivity contribution in [1.82, 2.24) is 0 Å². The van der Waals surface area contributed by atoms with Crippen molar-refractivity contribution in [3.63, 3.8) is 0 Å². The van der Waals surface area contributed by atoms with Crippen LogP contribution in [0.5, 0.6) is 0 Å². The van der Waals surface area contributed by atoms with E-state index in [0.29, 0.717) is 16.6 Å². The number of Topliss-reactive ketones (excluding diaryl/α,β-unsaturated/α-hetero) is 1. The van der Waals surface area contributed by atoms with E-state index >= 15 is 0 Å². The molecule has 1 atom stereocenters. The van der Waals surface area contributed by atoms with Gasteiger partial charge >= 0.3 is 0 Å². The summed E-state index contributed by atoms with van der Waals surface area (Å²) < 4.78 is 0.657. The van der Waals surface area contributed by atoms with Crippen molar-refractivity contribution in [3.8, 4) is 0 Å². The molecular formula is C10H20NO2+. The lowest BCUT2D eigenvalue weighted by atomic mass is 10.1. The molecule has 1 unspecified atom stereocenters. The van der Waals surface area contributed by atoms with Crippen LogP contribution in [0.4, 0.5) is 0 Å². The zero-order valence-corrected chi connectivity index (χ0v) is 9.00. The molecular weight excluding hydrogens is 166 g/mol. The van der Waals surface area contributed by atoms with Crippen LogP contribution in [0.25, 0.3) is 0 Å². The van der Waals surface area contributed by atoms with Crippen LogP contribution in [0.3, 0.4) is 0 Å². The first kappa shape index (κ1) is 12.3. The Hall–Kier alpha value is -0.670. The Morgan fingerprint density at radius 3 is 2.23 bits per heavy atom. The third-order valence-electron chi connectivity index (χ3n) is 1.66. The van der Waals surface area contributed by atoms with E-state index in [2.05, 4.69) is 6.58 Å². The first-order valence-corrected chi connectivity index (χ1v) is 4.39. The molecule has 0 spiro atoms. The minimum absolute atomic E-state index is 0.0547. The van der Waals surface area contributed by atoms with Gasteiger partial charge < -0.3 is 9.59 Å². The summed E-state index contributed by atoms with van der Waals surface area (Å²) in [7, 11) is 5.94. The van der Waals surface area contributed by atoms with E-state index in [-0.39, 0.29) is 12.2 Å². The van der Waals surface area contributed by atoms with E-state index in [9.17, 15) is 9.90 Å². The molecule has 0 saturated carbocycles. The smallest absolute Gasteiger partial charge is 0.160 e. The number of rotatable bonds is 5. The molecule has 0 radical (unpaired) electrons. The number of aliphatic hydroxyl groups is 1. The minimum atomic E-state index is -0.566. The molecule has 0 saturated heterocycles. The van der Waals surface area contributed by atoms with Crippen molar-refractivity contribution in [3.05, 3.63) is 12.2 Å². The van der Waals surface area contributed by atoms with Crippen LogP contribution in [0, 0.1) is 0 Å². The molecule has 0 amide bonds. The van der Waals surface area contributed by atoms with Crippen molar-refractivity contribution in [2.24, 2.45) is 0 Å². The number of carbonyl (C=O) groups is 1. The van der Waals surface area contributed by atoms with Gasteiger partial charge in [0, 0.05) is 6.42 Å². The maximum absolute atomic E-state index is 11.2. The maximum atomic E-state index is 11.2. The average molecular weight is 186 g/mol. The summed E-state index contributed by atoms with van der Waals surface area (Å²) in [6.45, 7) is 5.79. The number of allylic oxidation sites excluding steroid dienone is 1. The first-order chi connectivity index (χ1) is 5.72. The molecule has 0 heterocycles. The minimum Gasteiger partial charge on any atom is -0.387 e. The van der Waals surface area contributed by atoms with Crippen molar-refractivity contribution < 1.29 is 14.4 Å². The van der Waals surface area contributed by atoms with Crippen molar-refractivity contribution in [1.29, 1.82) is 0 Å². The van der Waals surface area contributed by atoms with Crippen molar-refractivity contribution >= 4 is 5.78 Å². The highest BCUT2D eigenvalue weighted by molar-refractivity contribution is 5.94. The quantitative estimate of drug-likeness (QED) is 0.504. The molecule has 0 rings (SSSR count). The summed E-state index contributed by atoms with van der Waals surface area (Å²) in [5.41, 5.74) is 0.514. The number of nitrogens with zero attached hydrogens (tertiary/aromatic N) is 1. The Kier molecular flexibility index (Phi) is 4.30. The van der Waals surface area contributed by atoms with Gasteiger partial charge in [0.15, 0.2) is 5.78 Å². The van der Waals surface area contributed by atoms with E-state index in [1.165, 1.54) is 0 Å². The molecule has 0 aromatic heterocycles. The van der Waals surface area contributed by atoms with Crippen LogP contribution < -0.4 is 0 Å². The molecule has 1 N–H and O–H groups in total. The molecule has 0 aliphatic carbocycles. The number of aliphatic hydroxyl groups excluding tert-OH is 1. The number of hydrogen-bond donors (Lipinski definition) is 1. The normalized spacial score (nSPS) is 13.9. The molecule has 13 heavy (non-hydrogen) atoms. The molecule has 0 aliphatic rings. The van der Waals surface area contributed by atoms with Gasteiger partial charge in [-0.3, -0.25) is 4.79 Å². The third-order valence-corrected chi connectivity index (χ3v) is 1.66. The van der Waals surface area contributed by atoms with Crippen LogP contribution in [0.1, 0.15) is 13.3 Å². The van der Waals surface area contributed by atoms with Gasteiger partial charge in [0.2, 0.25) is 0 Å². The van der Waals surface area contributed by atoms with E-state index < -0.39 is 6.10 Å². The lowest BCUT2D eigenvalue weighted by Crippen LogP contribution is -2.42. The standard InChI is InChI=1S/C10H20NO2/c1-8(2)10(13)6-9(12)7-11(3,4)5/h9,12H,1,6-7H2,2-5H3/q+1. The Balaban J connectivity index is 3.95. The molecule has 0 bridgehead atoms. The van der Waals surface area contributed by atoms with Crippen LogP contribution in [-0.4, -0.2) is 49.2 Å². The zero-order chi connectivity index (χ0) is 10.6. The zero-order valence-electron chi connectivity index (χ0n) is 9.00. The lowest BCUT2D eigenvalue weighted by molar-refractivity contribution is -0.873. The van der Waals surface area contributed by atoms with Gasteiger partial charge in [0.05, 0.1) is 21.1 Å². The van der Waals surface area contributed by atoms with Gasteiger partial charge in [-0.15, -0.1) is 0 Å². The predicted octanol–water partition coefficient (Wildman–Crippen LogP) is 0.589. The second-order valence-electron chi connectivity index (χ2n) is 4.53. The first-order valence-electron chi connectivity index (χ1n) is 4.39. The summed E-state index contributed by atoms with van der Waals surface area (Å²) in [4.78, 5) is 11.2. The number of ketones is 1. The second kappa shape index (κ2) is 4.53. The molecule has 3 nitrogen and oxygen atoms in total. The summed E-state index contributed by atoms with van der Waals surface area (Å²) in [5, 5.41) is 9.53. The summed E-state index contributed by atoms with van der Waals surface area (Å²) in [6, 6.07) is 0. The Morgan fingerprint density at radius 2 is 1.92 bits per heavy atom. The Bertz CT molecular complexity index is 203. The van der Waals surface area contributed by atoms with Gasteiger partial charge in [-0.25, -0.2) is 0 Å². The lowest BCUT2D eigenvalue weighted by Gasteiger charge is -2.26. The predicted molar refractivity (Wildman–Crippen MR) is 53.3 cm³/mol. The second-order valence-corrected chi connectivity index (χ2v) is 4.53.